The van der Waals surface area contributed by atoms with E-state index in [1.165, 1.54) is 0 Å². The maximum atomic E-state index is 5.09. The molecule has 0 N–H and O–H groups in total. The maximum absolute atomic E-state index is 5.09. The molecule has 0 saturated heterocycles. The molecule has 0 atom stereocenters. The largest absolute Gasteiger partial charge is 0.468 e. The smallest absolute Gasteiger partial charge is 0.172 e. The Hall–Kier alpha value is -1.18. The van der Waals surface area contributed by atoms with E-state index in [9.17, 15) is 0 Å². The molecule has 2 aromatic rings. The van der Waals surface area contributed by atoms with E-state index in [0.717, 1.165) is 16.5 Å². The van der Waals surface area contributed by atoms with Gasteiger partial charge >= 0.3 is 0 Å². The van der Waals surface area contributed by atoms with Crippen molar-refractivity contribution in [2.75, 3.05) is 0 Å². The summed E-state index contributed by atoms with van der Waals surface area (Å²) in [5.74, 6) is 0. The Morgan fingerprint density at radius 3 is 2.89 bits per heavy atom. The van der Waals surface area contributed by atoms with E-state index in [0.29, 0.717) is 0 Å². The van der Waals surface area contributed by atoms with E-state index in [4.69, 9.17) is 8.83 Å². The van der Waals surface area contributed by atoms with Gasteiger partial charge in [-0.1, -0.05) is 0 Å². The van der Waals surface area contributed by atoms with Gasteiger partial charge in [0.25, 0.3) is 0 Å². The van der Waals surface area contributed by atoms with Crippen molar-refractivity contribution >= 4 is 11.0 Å². The van der Waals surface area contributed by atoms with Crippen molar-refractivity contribution in [1.82, 2.24) is 0 Å². The summed E-state index contributed by atoms with van der Waals surface area (Å²) in [6.45, 7) is 1.99. The molecule has 0 fully saturated rings. The summed E-state index contributed by atoms with van der Waals surface area (Å²) < 4.78 is 9.99. The SMILES string of the molecule is Cc1coc2cocc12. The minimum absolute atomic E-state index is 0.826. The monoisotopic (exact) mass is 122 g/mol. The number of rotatable bonds is 0. The number of aryl methyl sites for hydroxylation is 1. The van der Waals surface area contributed by atoms with Crippen LogP contribution in [0.4, 0.5) is 0 Å². The van der Waals surface area contributed by atoms with Gasteiger partial charge in [-0.05, 0) is 12.5 Å². The van der Waals surface area contributed by atoms with Crippen LogP contribution in [0.15, 0.2) is 27.6 Å². The Kier molecular flexibility index (Phi) is 0.730. The molecule has 0 amide bonds. The second kappa shape index (κ2) is 1.41. The summed E-state index contributed by atoms with van der Waals surface area (Å²) in [5.41, 5.74) is 1.95. The molecule has 2 rings (SSSR count). The van der Waals surface area contributed by atoms with Crippen LogP contribution >= 0.6 is 0 Å². The summed E-state index contributed by atoms with van der Waals surface area (Å²) in [4.78, 5) is 0. The Labute approximate surface area is 52.1 Å². The van der Waals surface area contributed by atoms with Gasteiger partial charge in [0.15, 0.2) is 5.58 Å². The van der Waals surface area contributed by atoms with Crippen molar-refractivity contribution in [3.63, 3.8) is 0 Å². The number of fused-ring (bicyclic) bond motifs is 1. The van der Waals surface area contributed by atoms with E-state index in [2.05, 4.69) is 0 Å². The highest BCUT2D eigenvalue weighted by atomic mass is 16.4. The number of hydrogen-bond donors (Lipinski definition) is 0. The molecule has 2 nitrogen and oxygen atoms in total. The molecule has 9 heavy (non-hydrogen) atoms. The average molecular weight is 122 g/mol. The molecule has 0 aliphatic heterocycles. The lowest BCUT2D eigenvalue weighted by Crippen LogP contribution is -1.55. The molecule has 0 aliphatic carbocycles. The van der Waals surface area contributed by atoms with E-state index in [1.54, 1.807) is 18.8 Å². The Balaban J connectivity index is 2.99. The van der Waals surface area contributed by atoms with Crippen molar-refractivity contribution in [3.05, 3.63) is 24.4 Å². The highest BCUT2D eigenvalue weighted by Crippen LogP contribution is 2.20. The molecule has 0 unspecified atom stereocenters. The summed E-state index contributed by atoms with van der Waals surface area (Å²) in [5, 5.41) is 1.06. The molecule has 46 valence electrons. The average Bonchev–Trinajstić information content (AvgIpc) is 2.35. The first kappa shape index (κ1) is 4.68. The van der Waals surface area contributed by atoms with Crippen LogP contribution in [0.2, 0.25) is 0 Å². The number of furan rings is 2. The second-order valence-electron chi connectivity index (χ2n) is 2.07. The third kappa shape index (κ3) is 0.499. The Morgan fingerprint density at radius 1 is 1.22 bits per heavy atom. The zero-order valence-corrected chi connectivity index (χ0v) is 5.05. The van der Waals surface area contributed by atoms with Gasteiger partial charge in [0, 0.05) is 0 Å². The van der Waals surface area contributed by atoms with Crippen molar-refractivity contribution in [3.8, 4) is 0 Å². The van der Waals surface area contributed by atoms with Gasteiger partial charge in [-0.15, -0.1) is 0 Å². The summed E-state index contributed by atoms with van der Waals surface area (Å²) in [6, 6.07) is 0. The van der Waals surface area contributed by atoms with Crippen molar-refractivity contribution in [2.24, 2.45) is 0 Å². The van der Waals surface area contributed by atoms with Crippen molar-refractivity contribution in [1.29, 1.82) is 0 Å². The predicted molar refractivity (Wildman–Crippen MR) is 33.2 cm³/mol. The highest BCUT2D eigenvalue weighted by molar-refractivity contribution is 5.78. The van der Waals surface area contributed by atoms with Gasteiger partial charge in [-0.3, -0.25) is 0 Å². The highest BCUT2D eigenvalue weighted by Gasteiger charge is 2.01. The Bertz CT molecular complexity index is 316. The molecule has 2 heterocycles. The predicted octanol–water partition coefficient (Wildman–Crippen LogP) is 2.33. The third-order valence-electron chi connectivity index (χ3n) is 1.41. The zero-order valence-electron chi connectivity index (χ0n) is 5.05. The molecule has 0 radical (unpaired) electrons. The van der Waals surface area contributed by atoms with Gasteiger partial charge in [-0.25, -0.2) is 0 Å². The maximum Gasteiger partial charge on any atom is 0.172 e. The molecular formula is C7H6O2. The molecule has 0 aliphatic rings. The molecule has 0 bridgehead atoms. The van der Waals surface area contributed by atoms with Gasteiger partial charge < -0.3 is 8.83 Å². The number of hydrogen-bond acceptors (Lipinski definition) is 2. The summed E-state index contributed by atoms with van der Waals surface area (Å²) in [6.07, 6.45) is 5.01. The van der Waals surface area contributed by atoms with Crippen LogP contribution in [0.3, 0.4) is 0 Å². The normalized spacial score (nSPS) is 10.8. The van der Waals surface area contributed by atoms with Crippen LogP contribution in [0.25, 0.3) is 11.0 Å². The first-order chi connectivity index (χ1) is 4.38. The molecular weight excluding hydrogens is 116 g/mol. The molecule has 2 aromatic heterocycles. The van der Waals surface area contributed by atoms with E-state index in [-0.39, 0.29) is 0 Å². The van der Waals surface area contributed by atoms with Gasteiger partial charge in [0.05, 0.1) is 11.6 Å². The van der Waals surface area contributed by atoms with Gasteiger partial charge in [0.2, 0.25) is 0 Å². The van der Waals surface area contributed by atoms with E-state index >= 15 is 0 Å². The quantitative estimate of drug-likeness (QED) is 0.536. The Morgan fingerprint density at radius 2 is 2.11 bits per heavy atom. The lowest BCUT2D eigenvalue weighted by molar-refractivity contribution is 0.548. The van der Waals surface area contributed by atoms with Gasteiger partial charge in [-0.2, -0.15) is 0 Å². The minimum atomic E-state index is 0.826. The third-order valence-corrected chi connectivity index (χ3v) is 1.41. The molecule has 2 heteroatoms. The van der Waals surface area contributed by atoms with Crippen molar-refractivity contribution in [2.45, 2.75) is 6.92 Å². The van der Waals surface area contributed by atoms with Crippen LogP contribution in [0.5, 0.6) is 0 Å². The van der Waals surface area contributed by atoms with Crippen LogP contribution in [0.1, 0.15) is 5.56 Å². The second-order valence-corrected chi connectivity index (χ2v) is 2.07. The fourth-order valence-corrected chi connectivity index (χ4v) is 0.879. The lowest BCUT2D eigenvalue weighted by atomic mass is 10.3. The summed E-state index contributed by atoms with van der Waals surface area (Å²) >= 11 is 0. The van der Waals surface area contributed by atoms with E-state index in [1.807, 2.05) is 6.92 Å². The summed E-state index contributed by atoms with van der Waals surface area (Å²) in [7, 11) is 0. The first-order valence-corrected chi connectivity index (χ1v) is 2.78. The minimum Gasteiger partial charge on any atom is -0.468 e. The van der Waals surface area contributed by atoms with Gasteiger partial charge in [0.1, 0.15) is 12.5 Å². The lowest BCUT2D eigenvalue weighted by Gasteiger charge is -1.71. The molecule has 0 aromatic carbocycles. The topological polar surface area (TPSA) is 26.3 Å². The van der Waals surface area contributed by atoms with Crippen LogP contribution < -0.4 is 0 Å². The van der Waals surface area contributed by atoms with E-state index < -0.39 is 0 Å². The zero-order chi connectivity index (χ0) is 6.27. The van der Waals surface area contributed by atoms with Crippen LogP contribution in [0, 0.1) is 6.92 Å². The van der Waals surface area contributed by atoms with Crippen LogP contribution in [-0.4, -0.2) is 0 Å². The fourth-order valence-electron chi connectivity index (χ4n) is 0.879. The molecule has 0 saturated carbocycles. The molecule has 0 spiro atoms. The fraction of sp³-hybridized carbons (Fsp3) is 0.143. The van der Waals surface area contributed by atoms with Crippen molar-refractivity contribution < 1.29 is 8.83 Å². The van der Waals surface area contributed by atoms with Crippen LogP contribution in [-0.2, 0) is 0 Å². The standard InChI is InChI=1S/C7H6O2/c1-5-2-9-7-4-8-3-6(5)7/h2-4H,1H3. The first-order valence-electron chi connectivity index (χ1n) is 2.78.